The number of carbonyl (C=O) groups is 3. The van der Waals surface area contributed by atoms with Crippen LogP contribution >= 0.6 is 0 Å². The van der Waals surface area contributed by atoms with Crippen molar-refractivity contribution in [2.75, 3.05) is 32.9 Å². The molecule has 0 spiro atoms. The summed E-state index contributed by atoms with van der Waals surface area (Å²) >= 11 is 0. The molecule has 1 rings (SSSR count). The third-order valence-electron chi connectivity index (χ3n) is 3.27. The minimum atomic E-state index is -0.695. The van der Waals surface area contributed by atoms with Crippen LogP contribution in [0.5, 0.6) is 11.5 Å². The molecule has 0 saturated carbocycles. The number of nitrogens with one attached hydrogen (secondary N) is 2. The van der Waals surface area contributed by atoms with Gasteiger partial charge >= 0.3 is 5.97 Å². The van der Waals surface area contributed by atoms with E-state index in [4.69, 9.17) is 14.2 Å². The first-order valence-electron chi connectivity index (χ1n) is 8.97. The number of benzene rings is 1. The van der Waals surface area contributed by atoms with Gasteiger partial charge in [0.2, 0.25) is 0 Å². The molecule has 1 aromatic carbocycles. The number of ether oxygens (including phenoxy) is 3. The topological polar surface area (TPSA) is 103 Å². The summed E-state index contributed by atoms with van der Waals surface area (Å²) in [5.74, 6) is -0.228. The third-order valence-corrected chi connectivity index (χ3v) is 3.27. The van der Waals surface area contributed by atoms with Crippen molar-refractivity contribution in [3.63, 3.8) is 0 Å². The van der Waals surface area contributed by atoms with E-state index in [0.717, 1.165) is 0 Å². The molecule has 0 aliphatic rings. The minimum Gasteiger partial charge on any atom is -0.490 e. The van der Waals surface area contributed by atoms with E-state index >= 15 is 0 Å². The number of amides is 2. The maximum absolute atomic E-state index is 12.2. The Labute approximate surface area is 159 Å². The van der Waals surface area contributed by atoms with E-state index in [0.29, 0.717) is 42.7 Å². The average molecular weight is 380 g/mol. The van der Waals surface area contributed by atoms with E-state index in [1.54, 1.807) is 18.2 Å². The molecule has 2 amide bonds. The molecule has 0 aromatic heterocycles. The molecule has 1 aromatic rings. The normalized spacial score (nSPS) is 10.3. The standard InChI is InChI=1S/C19H28N2O6/c1-5-25-15-8-7-14(9-16(15)26-6-2)19(24)21-11-18(23)27-12-17(22)20-10-13(3)4/h7-9,13H,5-6,10-12H2,1-4H3,(H,20,22)(H,21,24). The van der Waals surface area contributed by atoms with Gasteiger partial charge in [-0.3, -0.25) is 14.4 Å². The summed E-state index contributed by atoms with van der Waals surface area (Å²) in [5, 5.41) is 5.08. The highest BCUT2D eigenvalue weighted by molar-refractivity contribution is 5.96. The molecule has 0 unspecified atom stereocenters. The maximum Gasteiger partial charge on any atom is 0.325 e. The van der Waals surface area contributed by atoms with E-state index in [1.165, 1.54) is 0 Å². The van der Waals surface area contributed by atoms with Gasteiger partial charge in [-0.2, -0.15) is 0 Å². The third kappa shape index (κ3) is 8.44. The first-order chi connectivity index (χ1) is 12.9. The van der Waals surface area contributed by atoms with Gasteiger partial charge in [-0.1, -0.05) is 13.8 Å². The van der Waals surface area contributed by atoms with Crippen LogP contribution in [0.25, 0.3) is 0 Å². The fourth-order valence-electron chi connectivity index (χ4n) is 2.01. The Hall–Kier alpha value is -2.77. The monoisotopic (exact) mass is 380 g/mol. The van der Waals surface area contributed by atoms with Gasteiger partial charge in [-0.05, 0) is 38.0 Å². The van der Waals surface area contributed by atoms with Crippen LogP contribution in [-0.4, -0.2) is 50.7 Å². The molecule has 8 heteroatoms. The van der Waals surface area contributed by atoms with Crippen LogP contribution in [0.4, 0.5) is 0 Å². The van der Waals surface area contributed by atoms with Gasteiger partial charge in [-0.15, -0.1) is 0 Å². The molecule has 150 valence electrons. The summed E-state index contributed by atoms with van der Waals surface area (Å²) in [6, 6.07) is 4.77. The molecule has 0 fully saturated rings. The Balaban J connectivity index is 2.50. The second-order valence-electron chi connectivity index (χ2n) is 6.07. The first kappa shape index (κ1) is 22.3. The Kier molecular flexibility index (Phi) is 9.71. The highest BCUT2D eigenvalue weighted by Crippen LogP contribution is 2.28. The van der Waals surface area contributed by atoms with E-state index < -0.39 is 11.9 Å². The van der Waals surface area contributed by atoms with Crippen molar-refractivity contribution in [3.05, 3.63) is 23.8 Å². The quantitative estimate of drug-likeness (QED) is 0.565. The molecule has 0 bridgehead atoms. The lowest BCUT2D eigenvalue weighted by atomic mass is 10.2. The second kappa shape index (κ2) is 11.8. The second-order valence-corrected chi connectivity index (χ2v) is 6.07. The van der Waals surface area contributed by atoms with Crippen LogP contribution in [0.3, 0.4) is 0 Å². The Morgan fingerprint density at radius 1 is 1.00 bits per heavy atom. The molecular formula is C19H28N2O6. The van der Waals surface area contributed by atoms with E-state index in [-0.39, 0.29) is 19.1 Å². The van der Waals surface area contributed by atoms with Crippen molar-refractivity contribution >= 4 is 17.8 Å². The van der Waals surface area contributed by atoms with Crippen molar-refractivity contribution in [2.24, 2.45) is 5.92 Å². The van der Waals surface area contributed by atoms with E-state index in [1.807, 2.05) is 27.7 Å². The Morgan fingerprint density at radius 3 is 2.30 bits per heavy atom. The molecular weight excluding hydrogens is 352 g/mol. The van der Waals surface area contributed by atoms with Crippen LogP contribution in [0.15, 0.2) is 18.2 Å². The number of rotatable bonds is 11. The Bertz CT molecular complexity index is 645. The zero-order valence-electron chi connectivity index (χ0n) is 16.3. The predicted octanol–water partition coefficient (Wildman–Crippen LogP) is 1.53. The number of esters is 1. The van der Waals surface area contributed by atoms with Gasteiger partial charge in [0.05, 0.1) is 13.2 Å². The number of hydrogen-bond donors (Lipinski definition) is 2. The predicted molar refractivity (Wildman–Crippen MR) is 99.9 cm³/mol. The summed E-state index contributed by atoms with van der Waals surface area (Å²) in [6.45, 7) is 8.29. The van der Waals surface area contributed by atoms with Gasteiger partial charge in [0.25, 0.3) is 11.8 Å². The van der Waals surface area contributed by atoms with Crippen LogP contribution in [-0.2, 0) is 14.3 Å². The van der Waals surface area contributed by atoms with Crippen molar-refractivity contribution < 1.29 is 28.6 Å². The van der Waals surface area contributed by atoms with Gasteiger partial charge in [0.1, 0.15) is 6.54 Å². The fourth-order valence-corrected chi connectivity index (χ4v) is 2.01. The lowest BCUT2D eigenvalue weighted by molar-refractivity contribution is -0.147. The summed E-state index contributed by atoms with van der Waals surface area (Å²) in [4.78, 5) is 35.4. The number of hydrogen-bond acceptors (Lipinski definition) is 6. The molecule has 0 aliphatic carbocycles. The van der Waals surface area contributed by atoms with Crippen molar-refractivity contribution in [2.45, 2.75) is 27.7 Å². The SMILES string of the molecule is CCOc1ccc(C(=O)NCC(=O)OCC(=O)NCC(C)C)cc1OCC. The fraction of sp³-hybridized carbons (Fsp3) is 0.526. The zero-order chi connectivity index (χ0) is 20.2. The summed E-state index contributed by atoms with van der Waals surface area (Å²) in [6.07, 6.45) is 0. The molecule has 8 nitrogen and oxygen atoms in total. The van der Waals surface area contributed by atoms with Crippen LogP contribution in [0.1, 0.15) is 38.1 Å². The van der Waals surface area contributed by atoms with E-state index in [2.05, 4.69) is 10.6 Å². The Morgan fingerprint density at radius 2 is 1.67 bits per heavy atom. The lowest BCUT2D eigenvalue weighted by Gasteiger charge is -2.12. The molecule has 0 saturated heterocycles. The number of carbonyl (C=O) groups excluding carboxylic acids is 3. The van der Waals surface area contributed by atoms with Gasteiger partial charge in [-0.25, -0.2) is 0 Å². The van der Waals surface area contributed by atoms with Crippen LogP contribution in [0.2, 0.25) is 0 Å². The van der Waals surface area contributed by atoms with Crippen LogP contribution in [0, 0.1) is 5.92 Å². The minimum absolute atomic E-state index is 0.305. The molecule has 0 radical (unpaired) electrons. The molecule has 0 atom stereocenters. The molecule has 0 aliphatic heterocycles. The zero-order valence-corrected chi connectivity index (χ0v) is 16.3. The summed E-state index contributed by atoms with van der Waals surface area (Å²) in [5.41, 5.74) is 0.323. The lowest BCUT2D eigenvalue weighted by Crippen LogP contribution is -2.35. The maximum atomic E-state index is 12.2. The van der Waals surface area contributed by atoms with Crippen LogP contribution < -0.4 is 20.1 Å². The largest absolute Gasteiger partial charge is 0.490 e. The van der Waals surface area contributed by atoms with Crippen molar-refractivity contribution in [3.8, 4) is 11.5 Å². The molecule has 2 N–H and O–H groups in total. The highest BCUT2D eigenvalue weighted by atomic mass is 16.5. The average Bonchev–Trinajstić information content (AvgIpc) is 2.64. The van der Waals surface area contributed by atoms with Gasteiger partial charge in [0, 0.05) is 12.1 Å². The van der Waals surface area contributed by atoms with Crippen molar-refractivity contribution in [1.29, 1.82) is 0 Å². The summed E-state index contributed by atoms with van der Waals surface area (Å²) < 4.78 is 15.7. The smallest absolute Gasteiger partial charge is 0.325 e. The first-order valence-corrected chi connectivity index (χ1v) is 8.97. The molecule has 0 heterocycles. The van der Waals surface area contributed by atoms with Crippen molar-refractivity contribution in [1.82, 2.24) is 10.6 Å². The highest BCUT2D eigenvalue weighted by Gasteiger charge is 2.14. The van der Waals surface area contributed by atoms with E-state index in [9.17, 15) is 14.4 Å². The molecule has 27 heavy (non-hydrogen) atoms. The van der Waals surface area contributed by atoms with Gasteiger partial charge in [0.15, 0.2) is 18.1 Å². The summed E-state index contributed by atoms with van der Waals surface area (Å²) in [7, 11) is 0. The van der Waals surface area contributed by atoms with Gasteiger partial charge < -0.3 is 24.8 Å².